The van der Waals surface area contributed by atoms with Gasteiger partial charge in [-0.1, -0.05) is 23.2 Å². The number of methoxy groups -OCH3 is 1. The summed E-state index contributed by atoms with van der Waals surface area (Å²) in [4.78, 5) is 23.0. The topological polar surface area (TPSA) is 52.6 Å². The lowest BCUT2D eigenvalue weighted by atomic mass is 9.98. The zero-order chi connectivity index (χ0) is 12.6. The van der Waals surface area contributed by atoms with Crippen molar-refractivity contribution in [3.05, 3.63) is 33.3 Å². The van der Waals surface area contributed by atoms with E-state index in [2.05, 4.69) is 4.74 Å². The van der Waals surface area contributed by atoms with Crippen LogP contribution in [0.1, 0.15) is 15.9 Å². The zero-order valence-electron chi connectivity index (χ0n) is 8.83. The summed E-state index contributed by atoms with van der Waals surface area (Å²) in [6.45, 7) is 0. The second-order valence-corrected chi connectivity index (χ2v) is 4.29. The molecular formula is C11H8Cl2O4. The summed E-state index contributed by atoms with van der Waals surface area (Å²) in [6, 6.07) is 3.04. The van der Waals surface area contributed by atoms with E-state index in [1.807, 2.05) is 0 Å². The van der Waals surface area contributed by atoms with E-state index in [1.165, 1.54) is 19.2 Å². The summed E-state index contributed by atoms with van der Waals surface area (Å²) < 4.78 is 9.48. The van der Waals surface area contributed by atoms with E-state index in [-0.39, 0.29) is 11.4 Å². The molecule has 0 N–H and O–H groups in total. The molecule has 0 bridgehead atoms. The fourth-order valence-corrected chi connectivity index (χ4v) is 2.09. The van der Waals surface area contributed by atoms with Crippen LogP contribution in [-0.4, -0.2) is 25.2 Å². The number of ether oxygens (including phenoxy) is 2. The maximum atomic E-state index is 11.6. The number of hydrogen-bond donors (Lipinski definition) is 0. The Bertz CT molecular complexity index is 498. The van der Waals surface area contributed by atoms with Gasteiger partial charge >= 0.3 is 11.9 Å². The molecule has 0 saturated carbocycles. The van der Waals surface area contributed by atoms with Crippen LogP contribution < -0.4 is 0 Å². The van der Waals surface area contributed by atoms with Crippen LogP contribution in [0.25, 0.3) is 0 Å². The lowest BCUT2D eigenvalue weighted by molar-refractivity contribution is -0.151. The van der Waals surface area contributed by atoms with E-state index < -0.39 is 18.0 Å². The molecule has 0 aromatic heterocycles. The molecule has 1 heterocycles. The average Bonchev–Trinajstić information content (AvgIpc) is 2.33. The molecule has 1 aromatic rings. The van der Waals surface area contributed by atoms with Gasteiger partial charge in [0.05, 0.1) is 22.7 Å². The molecule has 2 rings (SSSR count). The Kier molecular flexibility index (Phi) is 3.26. The third kappa shape index (κ3) is 2.10. The number of rotatable bonds is 1. The summed E-state index contributed by atoms with van der Waals surface area (Å²) in [6.07, 6.45) is -0.788. The normalized spacial score (nSPS) is 18.3. The van der Waals surface area contributed by atoms with E-state index in [1.54, 1.807) is 0 Å². The van der Waals surface area contributed by atoms with Gasteiger partial charge in [0, 0.05) is 6.42 Å². The van der Waals surface area contributed by atoms with Crippen LogP contribution in [0.2, 0.25) is 10.0 Å². The number of cyclic esters (lactones) is 1. The van der Waals surface area contributed by atoms with E-state index in [4.69, 9.17) is 27.9 Å². The number of benzene rings is 1. The molecule has 1 atom stereocenters. The first-order valence-corrected chi connectivity index (χ1v) is 5.56. The second kappa shape index (κ2) is 4.55. The summed E-state index contributed by atoms with van der Waals surface area (Å²) >= 11 is 11.9. The fourth-order valence-electron chi connectivity index (χ4n) is 1.67. The second-order valence-electron chi connectivity index (χ2n) is 3.51. The highest BCUT2D eigenvalue weighted by Crippen LogP contribution is 2.33. The van der Waals surface area contributed by atoms with Crippen molar-refractivity contribution in [1.82, 2.24) is 0 Å². The van der Waals surface area contributed by atoms with E-state index in [0.29, 0.717) is 16.1 Å². The minimum Gasteiger partial charge on any atom is -0.466 e. The van der Waals surface area contributed by atoms with Gasteiger partial charge in [0.2, 0.25) is 6.10 Å². The highest BCUT2D eigenvalue weighted by atomic mass is 35.5. The van der Waals surface area contributed by atoms with Gasteiger partial charge in [0.1, 0.15) is 0 Å². The molecule has 0 aliphatic carbocycles. The Labute approximate surface area is 107 Å². The quantitative estimate of drug-likeness (QED) is 0.737. The Morgan fingerprint density at radius 1 is 1.47 bits per heavy atom. The van der Waals surface area contributed by atoms with Crippen molar-refractivity contribution in [2.24, 2.45) is 0 Å². The van der Waals surface area contributed by atoms with Gasteiger partial charge in [-0.05, 0) is 17.7 Å². The van der Waals surface area contributed by atoms with Crippen molar-refractivity contribution in [2.75, 3.05) is 7.11 Å². The number of hydrogen-bond acceptors (Lipinski definition) is 4. The molecule has 1 aliphatic rings. The van der Waals surface area contributed by atoms with Gasteiger partial charge in [-0.2, -0.15) is 0 Å². The number of fused-ring (bicyclic) bond motifs is 1. The first-order valence-electron chi connectivity index (χ1n) is 4.80. The predicted octanol–water partition coefficient (Wildman–Crippen LogP) is 2.25. The number of esters is 2. The molecule has 17 heavy (non-hydrogen) atoms. The van der Waals surface area contributed by atoms with Crippen molar-refractivity contribution in [3.63, 3.8) is 0 Å². The maximum absolute atomic E-state index is 11.6. The SMILES string of the molecule is COC(=O)C1Cc2c(ccc(Cl)c2Cl)C(=O)O1. The summed E-state index contributed by atoms with van der Waals surface area (Å²) in [5.41, 5.74) is 0.852. The summed E-state index contributed by atoms with van der Waals surface area (Å²) in [7, 11) is 1.23. The largest absolute Gasteiger partial charge is 0.466 e. The van der Waals surface area contributed by atoms with Crippen LogP contribution in [0.15, 0.2) is 12.1 Å². The lowest BCUT2D eigenvalue weighted by Gasteiger charge is -2.23. The van der Waals surface area contributed by atoms with Gasteiger partial charge in [-0.15, -0.1) is 0 Å². The Morgan fingerprint density at radius 3 is 2.82 bits per heavy atom. The van der Waals surface area contributed by atoms with Crippen LogP contribution in [0.4, 0.5) is 0 Å². The van der Waals surface area contributed by atoms with Crippen LogP contribution in [0.5, 0.6) is 0 Å². The number of carbonyl (C=O) groups is 2. The standard InChI is InChI=1S/C11H8Cl2O4/c1-16-11(15)8-4-6-5(10(14)17-8)2-3-7(12)9(6)13/h2-3,8H,4H2,1H3. The van der Waals surface area contributed by atoms with Gasteiger partial charge in [0.15, 0.2) is 0 Å². The molecule has 1 aliphatic heterocycles. The van der Waals surface area contributed by atoms with Crippen LogP contribution in [0.3, 0.4) is 0 Å². The highest BCUT2D eigenvalue weighted by Gasteiger charge is 2.33. The summed E-state index contributed by atoms with van der Waals surface area (Å²) in [5, 5.41) is 0.610. The van der Waals surface area contributed by atoms with Crippen molar-refractivity contribution in [3.8, 4) is 0 Å². The van der Waals surface area contributed by atoms with Gasteiger partial charge < -0.3 is 9.47 Å². The van der Waals surface area contributed by atoms with E-state index in [9.17, 15) is 9.59 Å². The van der Waals surface area contributed by atoms with Crippen molar-refractivity contribution >= 4 is 35.1 Å². The molecule has 1 aromatic carbocycles. The van der Waals surface area contributed by atoms with Crippen LogP contribution in [0, 0.1) is 0 Å². The molecule has 0 saturated heterocycles. The molecule has 0 amide bonds. The molecule has 0 radical (unpaired) electrons. The third-order valence-corrected chi connectivity index (χ3v) is 3.36. The molecule has 90 valence electrons. The van der Waals surface area contributed by atoms with E-state index in [0.717, 1.165) is 0 Å². The average molecular weight is 275 g/mol. The molecule has 0 fully saturated rings. The molecule has 1 unspecified atom stereocenters. The first-order chi connectivity index (χ1) is 8.04. The Hall–Kier alpha value is -1.26. The number of carbonyl (C=O) groups excluding carboxylic acids is 2. The molecule has 4 nitrogen and oxygen atoms in total. The smallest absolute Gasteiger partial charge is 0.347 e. The van der Waals surface area contributed by atoms with Crippen LogP contribution >= 0.6 is 23.2 Å². The van der Waals surface area contributed by atoms with Crippen molar-refractivity contribution in [2.45, 2.75) is 12.5 Å². The minimum atomic E-state index is -0.962. The molecule has 6 heteroatoms. The lowest BCUT2D eigenvalue weighted by Crippen LogP contribution is -2.35. The monoisotopic (exact) mass is 274 g/mol. The maximum Gasteiger partial charge on any atom is 0.347 e. The molecular weight excluding hydrogens is 267 g/mol. The first kappa shape index (κ1) is 12.2. The van der Waals surface area contributed by atoms with Crippen LogP contribution in [-0.2, 0) is 20.7 Å². The number of halogens is 2. The van der Waals surface area contributed by atoms with E-state index >= 15 is 0 Å². The van der Waals surface area contributed by atoms with Gasteiger partial charge in [-0.25, -0.2) is 9.59 Å². The minimum absolute atomic E-state index is 0.174. The zero-order valence-corrected chi connectivity index (χ0v) is 10.3. The van der Waals surface area contributed by atoms with Gasteiger partial charge in [-0.3, -0.25) is 0 Å². The third-order valence-electron chi connectivity index (χ3n) is 2.52. The molecule has 0 spiro atoms. The Balaban J connectivity index is 2.44. The fraction of sp³-hybridized carbons (Fsp3) is 0.273. The van der Waals surface area contributed by atoms with Crippen molar-refractivity contribution in [1.29, 1.82) is 0 Å². The highest BCUT2D eigenvalue weighted by molar-refractivity contribution is 6.42. The van der Waals surface area contributed by atoms with Gasteiger partial charge in [0.25, 0.3) is 0 Å². The predicted molar refractivity (Wildman–Crippen MR) is 61.4 cm³/mol. The van der Waals surface area contributed by atoms with Crippen molar-refractivity contribution < 1.29 is 19.1 Å². The Morgan fingerprint density at radius 2 is 2.18 bits per heavy atom. The summed E-state index contributed by atoms with van der Waals surface area (Å²) in [5.74, 6) is -1.21.